The summed E-state index contributed by atoms with van der Waals surface area (Å²) in [6.07, 6.45) is 2.79. The van der Waals surface area contributed by atoms with Gasteiger partial charge in [0.1, 0.15) is 11.6 Å². The van der Waals surface area contributed by atoms with Gasteiger partial charge in [0.15, 0.2) is 0 Å². The molecule has 0 aliphatic carbocycles. The molecule has 0 bridgehead atoms. The highest BCUT2D eigenvalue weighted by atomic mass is 35.5. The SMILES string of the molecule is CCOC(=O)Oc1ccc(-n2c(/C=C/c3ccc(Cl)cc3)nc3cc(Cl)ccc3c2=O)cc1. The van der Waals surface area contributed by atoms with E-state index in [0.717, 1.165) is 5.56 Å². The van der Waals surface area contributed by atoms with Crippen LogP contribution in [0, 0.1) is 0 Å². The van der Waals surface area contributed by atoms with Crippen LogP contribution in [0.1, 0.15) is 18.3 Å². The number of nitrogens with zero attached hydrogens (tertiary/aromatic N) is 2. The lowest BCUT2D eigenvalue weighted by Gasteiger charge is -2.12. The summed E-state index contributed by atoms with van der Waals surface area (Å²) in [4.78, 5) is 29.6. The van der Waals surface area contributed by atoms with E-state index in [1.165, 1.54) is 4.57 Å². The van der Waals surface area contributed by atoms with Gasteiger partial charge in [-0.15, -0.1) is 0 Å². The summed E-state index contributed by atoms with van der Waals surface area (Å²) in [5.41, 5.74) is 1.68. The predicted molar refractivity (Wildman–Crippen MR) is 130 cm³/mol. The second-order valence-electron chi connectivity index (χ2n) is 6.94. The van der Waals surface area contributed by atoms with E-state index in [1.54, 1.807) is 67.6 Å². The molecular weight excluding hydrogens is 463 g/mol. The van der Waals surface area contributed by atoms with Gasteiger partial charge in [-0.05, 0) is 73.2 Å². The normalized spacial score (nSPS) is 11.1. The number of halogens is 2. The van der Waals surface area contributed by atoms with E-state index in [4.69, 9.17) is 32.7 Å². The van der Waals surface area contributed by atoms with E-state index in [0.29, 0.717) is 38.2 Å². The van der Waals surface area contributed by atoms with Crippen molar-refractivity contribution in [2.75, 3.05) is 6.61 Å². The van der Waals surface area contributed by atoms with Crippen LogP contribution in [0.2, 0.25) is 10.0 Å². The van der Waals surface area contributed by atoms with Gasteiger partial charge < -0.3 is 9.47 Å². The van der Waals surface area contributed by atoms with Crippen LogP contribution in [0.15, 0.2) is 71.5 Å². The first-order valence-corrected chi connectivity index (χ1v) is 10.8. The summed E-state index contributed by atoms with van der Waals surface area (Å²) in [6, 6.07) is 18.7. The van der Waals surface area contributed by atoms with E-state index >= 15 is 0 Å². The molecule has 4 rings (SSSR count). The van der Waals surface area contributed by atoms with Gasteiger partial charge in [-0.2, -0.15) is 0 Å². The van der Waals surface area contributed by atoms with Gasteiger partial charge in [0, 0.05) is 10.0 Å². The molecule has 8 heteroatoms. The highest BCUT2D eigenvalue weighted by Crippen LogP contribution is 2.21. The maximum absolute atomic E-state index is 13.4. The van der Waals surface area contributed by atoms with Crippen molar-refractivity contribution in [3.05, 3.63) is 98.5 Å². The lowest BCUT2D eigenvalue weighted by molar-refractivity contribution is 0.104. The lowest BCUT2D eigenvalue weighted by atomic mass is 10.2. The number of aromatic nitrogens is 2. The maximum atomic E-state index is 13.4. The summed E-state index contributed by atoms with van der Waals surface area (Å²) in [5, 5.41) is 1.54. The number of fused-ring (bicyclic) bond motifs is 1. The Kier molecular flexibility index (Phi) is 6.77. The molecule has 33 heavy (non-hydrogen) atoms. The molecule has 0 unspecified atom stereocenters. The average molecular weight is 481 g/mol. The molecule has 0 atom stereocenters. The average Bonchev–Trinajstić information content (AvgIpc) is 2.79. The fourth-order valence-electron chi connectivity index (χ4n) is 3.19. The number of benzene rings is 3. The minimum atomic E-state index is -0.793. The van der Waals surface area contributed by atoms with E-state index in [1.807, 2.05) is 18.2 Å². The molecule has 3 aromatic carbocycles. The Morgan fingerprint density at radius 1 is 0.970 bits per heavy atom. The number of ether oxygens (including phenoxy) is 2. The van der Waals surface area contributed by atoms with Gasteiger partial charge >= 0.3 is 6.16 Å². The first-order chi connectivity index (χ1) is 15.9. The van der Waals surface area contributed by atoms with Crippen LogP contribution in [-0.2, 0) is 4.74 Å². The third kappa shape index (κ3) is 5.25. The number of carbonyl (C=O) groups excluding carboxylic acids is 1. The van der Waals surface area contributed by atoms with Crippen LogP contribution in [0.25, 0.3) is 28.7 Å². The quantitative estimate of drug-likeness (QED) is 0.244. The molecule has 0 N–H and O–H groups in total. The third-order valence-corrected chi connectivity index (χ3v) is 5.20. The predicted octanol–water partition coefficient (Wildman–Crippen LogP) is 6.40. The van der Waals surface area contributed by atoms with Gasteiger partial charge in [0.25, 0.3) is 5.56 Å². The summed E-state index contributed by atoms with van der Waals surface area (Å²) in [5.74, 6) is 0.702. The van der Waals surface area contributed by atoms with Gasteiger partial charge in [-0.3, -0.25) is 9.36 Å². The van der Waals surface area contributed by atoms with E-state index in [2.05, 4.69) is 4.98 Å². The van der Waals surface area contributed by atoms with Crippen molar-refractivity contribution in [2.45, 2.75) is 6.92 Å². The zero-order chi connectivity index (χ0) is 23.4. The van der Waals surface area contributed by atoms with E-state index in [9.17, 15) is 9.59 Å². The second-order valence-corrected chi connectivity index (χ2v) is 7.81. The van der Waals surface area contributed by atoms with Crippen LogP contribution in [0.5, 0.6) is 5.75 Å². The van der Waals surface area contributed by atoms with Crippen molar-refractivity contribution < 1.29 is 14.3 Å². The molecule has 166 valence electrons. The number of hydrogen-bond acceptors (Lipinski definition) is 5. The summed E-state index contributed by atoms with van der Waals surface area (Å²) in [6.45, 7) is 1.90. The van der Waals surface area contributed by atoms with Crippen LogP contribution < -0.4 is 10.3 Å². The first-order valence-electron chi connectivity index (χ1n) is 10.1. The van der Waals surface area contributed by atoms with Crippen molar-refractivity contribution in [2.24, 2.45) is 0 Å². The summed E-state index contributed by atoms with van der Waals surface area (Å²) >= 11 is 12.1. The molecule has 1 aromatic heterocycles. The Bertz CT molecular complexity index is 1400. The van der Waals surface area contributed by atoms with Gasteiger partial charge in [-0.25, -0.2) is 9.78 Å². The summed E-state index contributed by atoms with van der Waals surface area (Å²) < 4.78 is 11.4. The summed E-state index contributed by atoms with van der Waals surface area (Å²) in [7, 11) is 0. The van der Waals surface area contributed by atoms with Crippen molar-refractivity contribution >= 4 is 52.4 Å². The zero-order valence-electron chi connectivity index (χ0n) is 17.5. The highest BCUT2D eigenvalue weighted by molar-refractivity contribution is 6.31. The third-order valence-electron chi connectivity index (χ3n) is 4.71. The topological polar surface area (TPSA) is 70.4 Å². The number of rotatable bonds is 5. The second kappa shape index (κ2) is 9.90. The van der Waals surface area contributed by atoms with E-state index < -0.39 is 6.16 Å². The molecule has 0 fully saturated rings. The molecule has 0 amide bonds. The van der Waals surface area contributed by atoms with Crippen LogP contribution in [0.4, 0.5) is 4.79 Å². The van der Waals surface area contributed by atoms with Crippen molar-refractivity contribution in [1.82, 2.24) is 9.55 Å². The molecule has 0 aliphatic heterocycles. The zero-order valence-corrected chi connectivity index (χ0v) is 19.0. The van der Waals surface area contributed by atoms with Crippen LogP contribution in [-0.4, -0.2) is 22.3 Å². The van der Waals surface area contributed by atoms with Crippen LogP contribution in [0.3, 0.4) is 0 Å². The number of hydrogen-bond donors (Lipinski definition) is 0. The van der Waals surface area contributed by atoms with Gasteiger partial charge in [0.2, 0.25) is 0 Å². The van der Waals surface area contributed by atoms with Crippen LogP contribution >= 0.6 is 23.2 Å². The Hall–Kier alpha value is -3.61. The molecule has 1 heterocycles. The molecule has 0 aliphatic rings. The van der Waals surface area contributed by atoms with E-state index in [-0.39, 0.29) is 12.2 Å². The molecule has 0 saturated heterocycles. The Morgan fingerprint density at radius 2 is 1.67 bits per heavy atom. The van der Waals surface area contributed by atoms with Crippen molar-refractivity contribution in [1.29, 1.82) is 0 Å². The maximum Gasteiger partial charge on any atom is 0.513 e. The molecule has 4 aromatic rings. The minimum Gasteiger partial charge on any atom is -0.434 e. The Balaban J connectivity index is 1.80. The largest absolute Gasteiger partial charge is 0.513 e. The molecule has 6 nitrogen and oxygen atoms in total. The number of carbonyl (C=O) groups is 1. The monoisotopic (exact) mass is 480 g/mol. The fraction of sp³-hybridized carbons (Fsp3) is 0.0800. The fourth-order valence-corrected chi connectivity index (χ4v) is 3.48. The first kappa shape index (κ1) is 22.6. The van der Waals surface area contributed by atoms with Gasteiger partial charge in [0.05, 0.1) is 23.2 Å². The minimum absolute atomic E-state index is 0.211. The molecule has 0 spiro atoms. The Labute approximate surface area is 199 Å². The highest BCUT2D eigenvalue weighted by Gasteiger charge is 2.13. The standard InChI is InChI=1S/C25H18Cl2N2O4/c1-2-32-25(31)33-20-11-9-19(10-12-20)29-23(14-5-16-3-6-17(26)7-4-16)28-22-15-18(27)8-13-21(22)24(29)30/h3-15H,2H2,1H3/b14-5+. The van der Waals surface area contributed by atoms with Crippen molar-refractivity contribution in [3.63, 3.8) is 0 Å². The lowest BCUT2D eigenvalue weighted by Crippen LogP contribution is -2.22. The molecular formula is C25H18Cl2N2O4. The smallest absolute Gasteiger partial charge is 0.434 e. The molecule has 0 saturated carbocycles. The molecule has 0 radical (unpaired) electrons. The Morgan fingerprint density at radius 3 is 2.36 bits per heavy atom. The van der Waals surface area contributed by atoms with Crippen molar-refractivity contribution in [3.8, 4) is 11.4 Å². The van der Waals surface area contributed by atoms with Gasteiger partial charge in [-0.1, -0.05) is 41.4 Å².